The van der Waals surface area contributed by atoms with Crippen LogP contribution < -0.4 is 10.5 Å². The average Bonchev–Trinajstić information content (AvgIpc) is 3.95. The lowest BCUT2D eigenvalue weighted by atomic mass is 10.1. The number of aryl methyl sites for hydroxylation is 1. The summed E-state index contributed by atoms with van der Waals surface area (Å²) in [6.45, 7) is 13.5. The maximum absolute atomic E-state index is 12.2. The Bertz CT molecular complexity index is 2570. The van der Waals surface area contributed by atoms with Gasteiger partial charge >= 0.3 is 13.4 Å². The second-order valence-electron chi connectivity index (χ2n) is 20.2. The second kappa shape index (κ2) is 18.7. The van der Waals surface area contributed by atoms with Crippen LogP contribution in [0.25, 0.3) is 22.2 Å². The summed E-state index contributed by atoms with van der Waals surface area (Å²) in [4.78, 5) is 34.5. The van der Waals surface area contributed by atoms with Crippen LogP contribution in [0, 0.1) is 11.3 Å². The first-order valence-electron chi connectivity index (χ1n) is 22.0. The molecular formula is C40H61N9O11P2S2Si2. The Morgan fingerprint density at radius 3 is 2.33 bits per heavy atom. The van der Waals surface area contributed by atoms with Gasteiger partial charge in [0, 0.05) is 12.4 Å². The van der Waals surface area contributed by atoms with Crippen LogP contribution in [0.4, 0.5) is 5.82 Å². The van der Waals surface area contributed by atoms with Gasteiger partial charge in [-0.15, -0.1) is 0 Å². The van der Waals surface area contributed by atoms with E-state index >= 15 is 0 Å². The lowest BCUT2D eigenvalue weighted by Crippen LogP contribution is -2.49. The molecule has 3 fully saturated rings. The molecule has 2 unspecified atom stereocenters. The Balaban J connectivity index is 1.23. The largest absolute Gasteiger partial charge is 0.477 e. The standard InChI is InChI=1S/C40H61N9O11P2S2Si2/c1-39(2,3)65(7,8)23-52-29-25-18-54-61(50,63)58-30-26(19-55-62(64,53-16-12-14-41)59-31(29)37(56-25)49-22-47-28-33(42)43-20-45-35(28)49)57-38(32(30)60-66(9,10)40(4,5)6)48-17-24-13-11-15-51-36-27(24)34(48)44-21-46-36/h17,20-22,25-26,29-32,37-38H,11-13,15-16,18-19,23H2,1-10H3,(H,50,63)(H2,42,43,45)/t25-,26-,29-,30-,31-,32-,37-,38-,61?,62?/m1/s1. The summed E-state index contributed by atoms with van der Waals surface area (Å²) < 4.78 is 70.5. The van der Waals surface area contributed by atoms with Crippen molar-refractivity contribution in [3.05, 3.63) is 30.7 Å². The Morgan fingerprint density at radius 1 is 0.894 bits per heavy atom. The summed E-state index contributed by atoms with van der Waals surface area (Å²) in [6.07, 6.45) is 0.478. The summed E-state index contributed by atoms with van der Waals surface area (Å²) in [5.41, 5.74) is 8.50. The number of rotatable bonds is 10. The van der Waals surface area contributed by atoms with Gasteiger partial charge in [-0.05, 0) is 65.2 Å². The molecule has 0 radical (unpaired) electrons. The molecule has 3 saturated heterocycles. The number of nitrogens with two attached hydrogens (primary N) is 1. The summed E-state index contributed by atoms with van der Waals surface area (Å²) in [5, 5.41) is 10.1. The van der Waals surface area contributed by atoms with Crippen molar-refractivity contribution in [1.82, 2.24) is 34.1 Å². The molecule has 4 aromatic rings. The first-order valence-corrected chi connectivity index (χ1v) is 33.3. The number of ether oxygens (including phenoxy) is 4. The Morgan fingerprint density at radius 2 is 1.61 bits per heavy atom. The van der Waals surface area contributed by atoms with Gasteiger partial charge in [0.15, 0.2) is 32.2 Å². The van der Waals surface area contributed by atoms with Crippen molar-refractivity contribution in [3.63, 3.8) is 0 Å². The van der Waals surface area contributed by atoms with Gasteiger partial charge in [-0.2, -0.15) is 5.26 Å². The number of nitriles is 1. The number of imidazole rings is 1. The first-order chi connectivity index (χ1) is 30.9. The van der Waals surface area contributed by atoms with Crippen molar-refractivity contribution in [2.24, 2.45) is 0 Å². The second-order valence-corrected chi connectivity index (χ2v) is 36.3. The van der Waals surface area contributed by atoms with E-state index in [1.54, 1.807) is 4.57 Å². The van der Waals surface area contributed by atoms with E-state index in [2.05, 4.69) is 93.7 Å². The number of nitrogens with zero attached hydrogens (tertiary/aromatic N) is 8. The molecule has 0 aliphatic carbocycles. The van der Waals surface area contributed by atoms with Crippen LogP contribution in [0.2, 0.25) is 36.3 Å². The van der Waals surface area contributed by atoms with Gasteiger partial charge < -0.3 is 52.1 Å². The molecule has 0 saturated carbocycles. The van der Waals surface area contributed by atoms with Crippen LogP contribution in [-0.2, 0) is 71.3 Å². The lowest BCUT2D eigenvalue weighted by Gasteiger charge is -2.41. The predicted molar refractivity (Wildman–Crippen MR) is 257 cm³/mol. The van der Waals surface area contributed by atoms with E-state index in [-0.39, 0.29) is 42.1 Å². The summed E-state index contributed by atoms with van der Waals surface area (Å²) in [7, 11) is -4.77. The van der Waals surface area contributed by atoms with Gasteiger partial charge in [0.05, 0.1) is 58.7 Å². The third kappa shape index (κ3) is 9.97. The molecule has 4 aromatic heterocycles. The molecule has 0 amide bonds. The van der Waals surface area contributed by atoms with Crippen molar-refractivity contribution in [3.8, 4) is 11.9 Å². The number of hydrogen-bond acceptors (Lipinski definition) is 19. The smallest absolute Gasteiger partial charge is 0.327 e. The maximum atomic E-state index is 12.2. The number of hydrogen-bond donors (Lipinski definition) is 2. The third-order valence-electron chi connectivity index (χ3n) is 13.7. The zero-order valence-corrected chi connectivity index (χ0v) is 44.4. The van der Waals surface area contributed by atoms with E-state index in [0.717, 1.165) is 23.8 Å². The lowest BCUT2D eigenvalue weighted by molar-refractivity contribution is -0.0623. The molecule has 20 nitrogen and oxygen atoms in total. The van der Waals surface area contributed by atoms with Crippen molar-refractivity contribution in [1.29, 1.82) is 5.26 Å². The fourth-order valence-corrected chi connectivity index (χ4v) is 13.6. The third-order valence-corrected chi connectivity index (χ3v) is 27.0. The van der Waals surface area contributed by atoms with Gasteiger partial charge in [-0.25, -0.2) is 24.9 Å². The summed E-state index contributed by atoms with van der Waals surface area (Å²) in [5.74, 6) is 0.656. The van der Waals surface area contributed by atoms with Gasteiger partial charge in [0.25, 0.3) is 0 Å². The summed E-state index contributed by atoms with van der Waals surface area (Å²) in [6, 6.07) is 2.11. The quantitative estimate of drug-likeness (QED) is 0.0925. The SMILES string of the molecule is CC(C)(C)[Si](C)(C)CO[C@H]1[C@H]2OP(=S)(OCCC#N)OC[C@H]3O[C@@H](n4cc5c6c(ncnc64)OCCC5)[C@H](O[Si](C)(C)C(C)(C)C)[C@@H]3OP(O)(=S)OC[C@H]1O[C@H]2n1cnc2c(N)ncnc21. The number of anilines is 1. The molecule has 26 heteroatoms. The topological polar surface area (TPSA) is 237 Å². The van der Waals surface area contributed by atoms with Crippen LogP contribution in [0.1, 0.15) is 72.4 Å². The zero-order valence-electron chi connectivity index (χ0n) is 39.0. The molecule has 4 aliphatic rings. The van der Waals surface area contributed by atoms with E-state index in [9.17, 15) is 10.2 Å². The van der Waals surface area contributed by atoms with E-state index in [1.807, 2.05) is 10.8 Å². The van der Waals surface area contributed by atoms with E-state index < -0.39 is 78.9 Å². The van der Waals surface area contributed by atoms with E-state index in [0.29, 0.717) is 35.5 Å². The number of aromatic nitrogens is 7. The Kier molecular flexibility index (Phi) is 14.2. The molecule has 0 spiro atoms. The Labute approximate surface area is 397 Å². The fourth-order valence-electron chi connectivity index (χ4n) is 7.82. The van der Waals surface area contributed by atoms with Crippen LogP contribution >= 0.6 is 13.4 Å². The first kappa shape index (κ1) is 50.0. The molecule has 10 atom stereocenters. The van der Waals surface area contributed by atoms with E-state index in [4.69, 9.17) is 80.3 Å². The molecule has 0 aromatic carbocycles. The van der Waals surface area contributed by atoms with Crippen molar-refractivity contribution in [2.45, 2.75) is 146 Å². The normalized spacial score (nSPS) is 31.4. The highest BCUT2D eigenvalue weighted by Crippen LogP contribution is 2.58. The van der Waals surface area contributed by atoms with Crippen LogP contribution in [0.15, 0.2) is 25.2 Å². The zero-order chi connectivity index (χ0) is 47.6. The van der Waals surface area contributed by atoms with Gasteiger partial charge in [0.2, 0.25) is 5.88 Å². The minimum absolute atomic E-state index is 0.0000517. The number of fused-ring (bicyclic) bond motifs is 4. The predicted octanol–water partition coefficient (Wildman–Crippen LogP) is 6.99. The molecule has 66 heavy (non-hydrogen) atoms. The van der Waals surface area contributed by atoms with Crippen LogP contribution in [0.5, 0.6) is 5.88 Å². The number of nitrogen functional groups attached to an aromatic ring is 1. The van der Waals surface area contributed by atoms with E-state index in [1.165, 1.54) is 19.0 Å². The van der Waals surface area contributed by atoms with Crippen LogP contribution in [0.3, 0.4) is 0 Å². The molecular weight excluding hydrogens is 965 g/mol. The molecule has 8 heterocycles. The van der Waals surface area contributed by atoms with Crippen molar-refractivity contribution < 1.29 is 50.9 Å². The van der Waals surface area contributed by atoms with Crippen molar-refractivity contribution in [2.75, 3.05) is 38.4 Å². The molecule has 2 bridgehead atoms. The highest BCUT2D eigenvalue weighted by molar-refractivity contribution is 8.07. The van der Waals surface area contributed by atoms with Gasteiger partial charge in [0.1, 0.15) is 60.4 Å². The minimum Gasteiger partial charge on any atom is -0.477 e. The molecule has 4 aliphatic heterocycles. The minimum atomic E-state index is -4.18. The average molecular weight is 1030 g/mol. The monoisotopic (exact) mass is 1030 g/mol. The van der Waals surface area contributed by atoms with Crippen molar-refractivity contribution >= 4 is 81.5 Å². The molecule has 3 N–H and O–H groups in total. The van der Waals surface area contributed by atoms with Gasteiger partial charge in [-0.1, -0.05) is 54.6 Å². The summed E-state index contributed by atoms with van der Waals surface area (Å²) >= 11 is 12.2. The fraction of sp³-hybridized carbons (Fsp3) is 0.700. The highest BCUT2D eigenvalue weighted by atomic mass is 32.5. The van der Waals surface area contributed by atoms with Gasteiger partial charge in [-0.3, -0.25) is 13.6 Å². The molecule has 8 rings (SSSR count). The van der Waals surface area contributed by atoms with Crippen LogP contribution in [-0.4, -0.2) is 125 Å². The highest BCUT2D eigenvalue weighted by Gasteiger charge is 2.56. The molecule has 362 valence electrons. The maximum Gasteiger partial charge on any atom is 0.327 e. The Hall–Kier alpha value is -2.41.